The van der Waals surface area contributed by atoms with Gasteiger partial charge in [0, 0.05) is 18.3 Å². The average molecular weight is 460 g/mol. The van der Waals surface area contributed by atoms with Crippen molar-refractivity contribution in [1.29, 1.82) is 0 Å². The molecule has 0 saturated carbocycles. The molecule has 2 heterocycles. The van der Waals surface area contributed by atoms with Crippen LogP contribution in [0.3, 0.4) is 0 Å². The van der Waals surface area contributed by atoms with Crippen LogP contribution in [0.1, 0.15) is 35.5 Å². The molecule has 0 aliphatic carbocycles. The molecule has 172 valence electrons. The summed E-state index contributed by atoms with van der Waals surface area (Å²) in [5, 5.41) is 7.09. The van der Waals surface area contributed by atoms with Gasteiger partial charge in [0.05, 0.1) is 36.1 Å². The van der Waals surface area contributed by atoms with E-state index in [1.807, 2.05) is 0 Å². The summed E-state index contributed by atoms with van der Waals surface area (Å²) >= 11 is 0. The Kier molecular flexibility index (Phi) is 7.84. The lowest BCUT2D eigenvalue weighted by molar-refractivity contribution is 0.102. The zero-order valence-electron chi connectivity index (χ0n) is 18.5. The fourth-order valence-corrected chi connectivity index (χ4v) is 4.23. The second-order valence-electron chi connectivity index (χ2n) is 7.35. The zero-order chi connectivity index (χ0) is 23.1. The van der Waals surface area contributed by atoms with Crippen LogP contribution in [0, 0.1) is 6.92 Å². The minimum atomic E-state index is -3.81. The maximum absolute atomic E-state index is 12.8. The van der Waals surface area contributed by atoms with Crippen molar-refractivity contribution < 1.29 is 17.6 Å². The third-order valence-corrected chi connectivity index (χ3v) is 6.61. The van der Waals surface area contributed by atoms with Crippen LogP contribution in [0.15, 0.2) is 58.3 Å². The van der Waals surface area contributed by atoms with E-state index in [9.17, 15) is 13.2 Å². The van der Waals surface area contributed by atoms with Crippen molar-refractivity contribution >= 4 is 21.6 Å². The molecule has 0 aliphatic heterocycles. The van der Waals surface area contributed by atoms with Gasteiger partial charge in [0.25, 0.3) is 5.91 Å². The van der Waals surface area contributed by atoms with Crippen LogP contribution < -0.4 is 10.0 Å². The van der Waals surface area contributed by atoms with Gasteiger partial charge < -0.3 is 14.6 Å². The highest BCUT2D eigenvalue weighted by atomic mass is 32.2. The fourth-order valence-electron chi connectivity index (χ4n) is 3.21. The standard InChI is InChI=1S/C22H29N5O4S/c1-4-26(5-2)10-11-27-16-18(14-23-27)25-22(28)21-13-20(9-8-17(21)3)32(29,30)24-15-19-7-6-12-31-19/h6-9,12-14,16,24H,4-5,10-11,15H2,1-3H3,(H,25,28). The molecule has 0 radical (unpaired) electrons. The highest BCUT2D eigenvalue weighted by Gasteiger charge is 2.19. The predicted octanol–water partition coefficient (Wildman–Crippen LogP) is 2.86. The van der Waals surface area contributed by atoms with Gasteiger partial charge in [-0.2, -0.15) is 5.10 Å². The third-order valence-electron chi connectivity index (χ3n) is 5.21. The number of benzene rings is 1. The van der Waals surface area contributed by atoms with E-state index in [1.165, 1.54) is 18.4 Å². The van der Waals surface area contributed by atoms with Gasteiger partial charge in [0.15, 0.2) is 0 Å². The number of nitrogens with zero attached hydrogens (tertiary/aromatic N) is 3. The van der Waals surface area contributed by atoms with Gasteiger partial charge in [-0.1, -0.05) is 19.9 Å². The van der Waals surface area contributed by atoms with Crippen molar-refractivity contribution in [1.82, 2.24) is 19.4 Å². The molecule has 0 aliphatic rings. The third kappa shape index (κ3) is 6.06. The van der Waals surface area contributed by atoms with E-state index in [2.05, 4.69) is 33.9 Å². The lowest BCUT2D eigenvalue weighted by Crippen LogP contribution is -2.27. The van der Waals surface area contributed by atoms with Crippen LogP contribution in [0.25, 0.3) is 0 Å². The first-order chi connectivity index (χ1) is 15.3. The van der Waals surface area contributed by atoms with Crippen LogP contribution in [0.5, 0.6) is 0 Å². The lowest BCUT2D eigenvalue weighted by atomic mass is 10.1. The molecule has 1 amide bonds. The van der Waals surface area contributed by atoms with Crippen LogP contribution in [-0.4, -0.2) is 48.6 Å². The number of hydrogen-bond acceptors (Lipinski definition) is 6. The summed E-state index contributed by atoms with van der Waals surface area (Å²) in [5.41, 5.74) is 1.50. The van der Waals surface area contributed by atoms with Gasteiger partial charge in [-0.3, -0.25) is 9.48 Å². The van der Waals surface area contributed by atoms with Crippen molar-refractivity contribution in [2.24, 2.45) is 0 Å². The molecule has 0 bridgehead atoms. The molecule has 1 aromatic carbocycles. The molecule has 3 aromatic rings. The molecule has 0 saturated heterocycles. The van der Waals surface area contributed by atoms with E-state index >= 15 is 0 Å². The summed E-state index contributed by atoms with van der Waals surface area (Å²) in [6.07, 6.45) is 4.83. The Morgan fingerprint density at radius 3 is 2.69 bits per heavy atom. The number of carbonyl (C=O) groups excluding carboxylic acids is 1. The Balaban J connectivity index is 1.68. The number of carbonyl (C=O) groups is 1. The summed E-state index contributed by atoms with van der Waals surface area (Å²) in [6.45, 7) is 9.53. The SMILES string of the molecule is CCN(CC)CCn1cc(NC(=O)c2cc(S(=O)(=O)NCc3ccco3)ccc2C)cn1. The molecule has 0 atom stereocenters. The highest BCUT2D eigenvalue weighted by Crippen LogP contribution is 2.18. The summed E-state index contributed by atoms with van der Waals surface area (Å²) in [6, 6.07) is 7.83. The highest BCUT2D eigenvalue weighted by molar-refractivity contribution is 7.89. The van der Waals surface area contributed by atoms with Crippen LogP contribution >= 0.6 is 0 Å². The molecule has 3 rings (SSSR count). The smallest absolute Gasteiger partial charge is 0.256 e. The fraction of sp³-hybridized carbons (Fsp3) is 0.364. The van der Waals surface area contributed by atoms with Gasteiger partial charge in [-0.05, 0) is 49.8 Å². The number of likely N-dealkylation sites (N-methyl/N-ethyl adjacent to an activating group) is 1. The lowest BCUT2D eigenvalue weighted by Gasteiger charge is -2.17. The van der Waals surface area contributed by atoms with Crippen molar-refractivity contribution in [2.75, 3.05) is 25.0 Å². The molecular weight excluding hydrogens is 430 g/mol. The molecule has 0 unspecified atom stereocenters. The van der Waals surface area contributed by atoms with Gasteiger partial charge in [0.2, 0.25) is 10.0 Å². The second-order valence-corrected chi connectivity index (χ2v) is 9.12. The van der Waals surface area contributed by atoms with Gasteiger partial charge in [0.1, 0.15) is 5.76 Å². The maximum Gasteiger partial charge on any atom is 0.256 e. The minimum absolute atomic E-state index is 0.00900. The van der Waals surface area contributed by atoms with Crippen LogP contribution in [0.4, 0.5) is 5.69 Å². The topological polar surface area (TPSA) is 109 Å². The number of anilines is 1. The summed E-state index contributed by atoms with van der Waals surface area (Å²) in [5.74, 6) is 0.102. The molecule has 9 nitrogen and oxygen atoms in total. The number of sulfonamides is 1. The largest absolute Gasteiger partial charge is 0.468 e. The molecule has 32 heavy (non-hydrogen) atoms. The van der Waals surface area contributed by atoms with E-state index in [1.54, 1.807) is 42.2 Å². The van der Waals surface area contributed by atoms with Crippen molar-refractivity contribution in [3.63, 3.8) is 0 Å². The Morgan fingerprint density at radius 1 is 1.22 bits per heavy atom. The number of amides is 1. The summed E-state index contributed by atoms with van der Waals surface area (Å²) in [7, 11) is -3.81. The Bertz CT molecular complexity index is 1140. The number of aromatic nitrogens is 2. The van der Waals surface area contributed by atoms with Crippen molar-refractivity contribution in [3.05, 3.63) is 65.9 Å². The van der Waals surface area contributed by atoms with Gasteiger partial charge >= 0.3 is 0 Å². The molecular formula is C22H29N5O4S. The molecule has 0 fully saturated rings. The van der Waals surface area contributed by atoms with Gasteiger partial charge in [-0.25, -0.2) is 13.1 Å². The zero-order valence-corrected chi connectivity index (χ0v) is 19.4. The van der Waals surface area contributed by atoms with Crippen molar-refractivity contribution in [3.8, 4) is 0 Å². The maximum atomic E-state index is 12.8. The number of aryl methyl sites for hydroxylation is 1. The number of furan rings is 1. The number of hydrogen-bond donors (Lipinski definition) is 2. The normalized spacial score (nSPS) is 11.8. The average Bonchev–Trinajstić information content (AvgIpc) is 3.45. The van der Waals surface area contributed by atoms with Crippen LogP contribution in [-0.2, 0) is 23.1 Å². The van der Waals surface area contributed by atoms with Crippen molar-refractivity contribution in [2.45, 2.75) is 38.8 Å². The molecule has 0 spiro atoms. The molecule has 10 heteroatoms. The second kappa shape index (κ2) is 10.6. The Morgan fingerprint density at radius 2 is 2.00 bits per heavy atom. The minimum Gasteiger partial charge on any atom is -0.468 e. The van der Waals surface area contributed by atoms with E-state index in [0.29, 0.717) is 23.6 Å². The van der Waals surface area contributed by atoms with E-state index < -0.39 is 15.9 Å². The molecule has 2 aromatic heterocycles. The van der Waals surface area contributed by atoms with E-state index in [-0.39, 0.29) is 17.0 Å². The monoisotopic (exact) mass is 459 g/mol. The number of nitrogens with one attached hydrogen (secondary N) is 2. The predicted molar refractivity (Wildman–Crippen MR) is 122 cm³/mol. The van der Waals surface area contributed by atoms with Crippen LogP contribution in [0.2, 0.25) is 0 Å². The first-order valence-electron chi connectivity index (χ1n) is 10.5. The first kappa shape index (κ1) is 23.7. The van der Waals surface area contributed by atoms with Gasteiger partial charge in [-0.15, -0.1) is 0 Å². The van der Waals surface area contributed by atoms with E-state index in [0.717, 1.165) is 19.6 Å². The Hall–Kier alpha value is -2.95. The quantitative estimate of drug-likeness (QED) is 0.456. The Labute approximate surface area is 188 Å². The number of rotatable bonds is 11. The summed E-state index contributed by atoms with van der Waals surface area (Å²) in [4.78, 5) is 15.1. The first-order valence-corrected chi connectivity index (χ1v) is 12.0. The molecule has 2 N–H and O–H groups in total. The van der Waals surface area contributed by atoms with E-state index in [4.69, 9.17) is 4.42 Å². The summed E-state index contributed by atoms with van der Waals surface area (Å²) < 4.78 is 34.7.